The zero-order valence-electron chi connectivity index (χ0n) is 17.4. The number of hydrogen-bond donors (Lipinski definition) is 3. The standard InChI is InChI=1S/C23H28N4O3/c1-16(2)22(29)26-20-7-5-6-19(14-20)24-15-21(28)25-18-10-8-17(9-11-18)23(30)27-12-3-4-13-27/h5-11,14,16,24H,3-4,12-13,15H2,1-2H3,(H,25,28)(H,26,29). The van der Waals surface area contributed by atoms with E-state index in [4.69, 9.17) is 0 Å². The minimum absolute atomic E-state index is 0.0384. The van der Waals surface area contributed by atoms with Crippen LogP contribution in [0.4, 0.5) is 17.1 Å². The van der Waals surface area contributed by atoms with Crippen molar-refractivity contribution in [1.82, 2.24) is 4.90 Å². The molecule has 7 nitrogen and oxygen atoms in total. The summed E-state index contributed by atoms with van der Waals surface area (Å²) in [6, 6.07) is 14.2. The second kappa shape index (κ2) is 9.91. The van der Waals surface area contributed by atoms with Crippen LogP contribution in [0.25, 0.3) is 0 Å². The first-order valence-electron chi connectivity index (χ1n) is 10.3. The van der Waals surface area contributed by atoms with E-state index in [0.717, 1.165) is 31.6 Å². The lowest BCUT2D eigenvalue weighted by Crippen LogP contribution is -2.27. The Hall–Kier alpha value is -3.35. The molecular weight excluding hydrogens is 380 g/mol. The lowest BCUT2D eigenvalue weighted by molar-refractivity contribution is -0.119. The van der Waals surface area contributed by atoms with E-state index in [9.17, 15) is 14.4 Å². The van der Waals surface area contributed by atoms with Crippen LogP contribution in [0.2, 0.25) is 0 Å². The highest BCUT2D eigenvalue weighted by atomic mass is 16.2. The molecule has 1 aliphatic rings. The van der Waals surface area contributed by atoms with Gasteiger partial charge in [0.25, 0.3) is 5.91 Å². The highest BCUT2D eigenvalue weighted by Crippen LogP contribution is 2.17. The van der Waals surface area contributed by atoms with Gasteiger partial charge in [0.15, 0.2) is 0 Å². The van der Waals surface area contributed by atoms with Gasteiger partial charge in [0.05, 0.1) is 6.54 Å². The van der Waals surface area contributed by atoms with Crippen molar-refractivity contribution in [3.8, 4) is 0 Å². The van der Waals surface area contributed by atoms with Crippen LogP contribution >= 0.6 is 0 Å². The average Bonchev–Trinajstić information content (AvgIpc) is 3.27. The molecule has 0 saturated carbocycles. The minimum atomic E-state index is -0.203. The van der Waals surface area contributed by atoms with Crippen molar-refractivity contribution in [2.45, 2.75) is 26.7 Å². The Morgan fingerprint density at radius 3 is 2.23 bits per heavy atom. The van der Waals surface area contributed by atoms with Gasteiger partial charge >= 0.3 is 0 Å². The molecule has 0 aromatic heterocycles. The van der Waals surface area contributed by atoms with Crippen molar-refractivity contribution >= 4 is 34.8 Å². The molecule has 2 aromatic carbocycles. The molecule has 1 aliphatic heterocycles. The van der Waals surface area contributed by atoms with Gasteiger partial charge in [0.2, 0.25) is 11.8 Å². The smallest absolute Gasteiger partial charge is 0.253 e. The number of rotatable bonds is 7. The molecule has 7 heteroatoms. The Balaban J connectivity index is 1.50. The van der Waals surface area contributed by atoms with E-state index in [1.165, 1.54) is 0 Å². The van der Waals surface area contributed by atoms with E-state index < -0.39 is 0 Å². The summed E-state index contributed by atoms with van der Waals surface area (Å²) >= 11 is 0. The molecule has 2 aromatic rings. The fourth-order valence-electron chi connectivity index (χ4n) is 3.18. The number of benzene rings is 2. The molecule has 0 aliphatic carbocycles. The predicted octanol–water partition coefficient (Wildman–Crippen LogP) is 3.57. The number of amides is 3. The van der Waals surface area contributed by atoms with Gasteiger partial charge in [-0.05, 0) is 55.3 Å². The fourth-order valence-corrected chi connectivity index (χ4v) is 3.18. The summed E-state index contributed by atoms with van der Waals surface area (Å²) in [5.41, 5.74) is 2.68. The predicted molar refractivity (Wildman–Crippen MR) is 119 cm³/mol. The lowest BCUT2D eigenvalue weighted by Gasteiger charge is -2.15. The Morgan fingerprint density at radius 1 is 0.900 bits per heavy atom. The van der Waals surface area contributed by atoms with E-state index in [2.05, 4.69) is 16.0 Å². The van der Waals surface area contributed by atoms with Crippen molar-refractivity contribution in [1.29, 1.82) is 0 Å². The van der Waals surface area contributed by atoms with Crippen LogP contribution in [0.15, 0.2) is 48.5 Å². The van der Waals surface area contributed by atoms with Crippen molar-refractivity contribution < 1.29 is 14.4 Å². The van der Waals surface area contributed by atoms with Crippen LogP contribution in [0.3, 0.4) is 0 Å². The number of carbonyl (C=O) groups excluding carboxylic acids is 3. The summed E-state index contributed by atoms with van der Waals surface area (Å²) in [7, 11) is 0. The number of carbonyl (C=O) groups is 3. The largest absolute Gasteiger partial charge is 0.376 e. The molecule has 0 atom stereocenters. The maximum absolute atomic E-state index is 12.4. The zero-order valence-corrected chi connectivity index (χ0v) is 17.4. The number of hydrogen-bond acceptors (Lipinski definition) is 4. The summed E-state index contributed by atoms with van der Waals surface area (Å²) in [5.74, 6) is -0.331. The summed E-state index contributed by atoms with van der Waals surface area (Å²) in [6.07, 6.45) is 2.11. The first-order chi connectivity index (χ1) is 14.4. The molecule has 0 unspecified atom stereocenters. The molecule has 1 fully saturated rings. The van der Waals surface area contributed by atoms with Gasteiger partial charge < -0.3 is 20.9 Å². The Morgan fingerprint density at radius 2 is 1.57 bits per heavy atom. The monoisotopic (exact) mass is 408 g/mol. The van der Waals surface area contributed by atoms with Crippen LogP contribution < -0.4 is 16.0 Å². The van der Waals surface area contributed by atoms with E-state index >= 15 is 0 Å². The summed E-state index contributed by atoms with van der Waals surface area (Å²) in [6.45, 7) is 5.36. The van der Waals surface area contributed by atoms with E-state index in [-0.39, 0.29) is 30.2 Å². The molecule has 3 amide bonds. The van der Waals surface area contributed by atoms with Crippen molar-refractivity contribution in [2.75, 3.05) is 35.6 Å². The molecule has 0 radical (unpaired) electrons. The van der Waals surface area contributed by atoms with E-state index in [1.807, 2.05) is 30.9 Å². The molecule has 3 rings (SSSR count). The Kier molecular flexibility index (Phi) is 7.06. The third kappa shape index (κ3) is 5.83. The maximum atomic E-state index is 12.4. The van der Waals surface area contributed by atoms with Crippen molar-refractivity contribution in [3.05, 3.63) is 54.1 Å². The van der Waals surface area contributed by atoms with E-state index in [0.29, 0.717) is 16.9 Å². The molecule has 0 spiro atoms. The van der Waals surface area contributed by atoms with Crippen LogP contribution in [-0.2, 0) is 9.59 Å². The molecule has 1 heterocycles. The van der Waals surface area contributed by atoms with Crippen molar-refractivity contribution in [2.24, 2.45) is 5.92 Å². The summed E-state index contributed by atoms with van der Waals surface area (Å²) in [4.78, 5) is 38.3. The summed E-state index contributed by atoms with van der Waals surface area (Å²) < 4.78 is 0. The number of nitrogens with zero attached hydrogens (tertiary/aromatic N) is 1. The minimum Gasteiger partial charge on any atom is -0.376 e. The SMILES string of the molecule is CC(C)C(=O)Nc1cccc(NCC(=O)Nc2ccc(C(=O)N3CCCC3)cc2)c1. The molecule has 158 valence electrons. The third-order valence-corrected chi connectivity index (χ3v) is 4.92. The quantitative estimate of drug-likeness (QED) is 0.653. The Bertz CT molecular complexity index is 903. The van der Waals surface area contributed by atoms with Gasteiger partial charge in [-0.15, -0.1) is 0 Å². The molecular formula is C23H28N4O3. The second-order valence-corrected chi connectivity index (χ2v) is 7.70. The summed E-state index contributed by atoms with van der Waals surface area (Å²) in [5, 5.41) is 8.70. The van der Waals surface area contributed by atoms with Crippen LogP contribution in [0.5, 0.6) is 0 Å². The zero-order chi connectivity index (χ0) is 21.5. The molecule has 0 bridgehead atoms. The first kappa shape index (κ1) is 21.4. The number of likely N-dealkylation sites (tertiary alicyclic amines) is 1. The van der Waals surface area contributed by atoms with Gasteiger partial charge in [0, 0.05) is 41.6 Å². The van der Waals surface area contributed by atoms with E-state index in [1.54, 1.807) is 36.4 Å². The molecule has 30 heavy (non-hydrogen) atoms. The van der Waals surface area contributed by atoms with Crippen LogP contribution in [0.1, 0.15) is 37.0 Å². The van der Waals surface area contributed by atoms with Crippen molar-refractivity contribution in [3.63, 3.8) is 0 Å². The van der Waals surface area contributed by atoms with Gasteiger partial charge in [-0.25, -0.2) is 0 Å². The van der Waals surface area contributed by atoms with Crippen LogP contribution in [0, 0.1) is 5.92 Å². The molecule has 3 N–H and O–H groups in total. The second-order valence-electron chi connectivity index (χ2n) is 7.70. The average molecular weight is 409 g/mol. The lowest BCUT2D eigenvalue weighted by atomic mass is 10.2. The maximum Gasteiger partial charge on any atom is 0.253 e. The van der Waals surface area contributed by atoms with Gasteiger partial charge in [-0.1, -0.05) is 19.9 Å². The van der Waals surface area contributed by atoms with Crippen LogP contribution in [-0.4, -0.2) is 42.3 Å². The highest BCUT2D eigenvalue weighted by Gasteiger charge is 2.19. The Labute approximate surface area is 176 Å². The topological polar surface area (TPSA) is 90.5 Å². The molecule has 1 saturated heterocycles. The number of anilines is 3. The van der Waals surface area contributed by atoms with Gasteiger partial charge in [0.1, 0.15) is 0 Å². The fraction of sp³-hybridized carbons (Fsp3) is 0.348. The first-order valence-corrected chi connectivity index (χ1v) is 10.3. The van der Waals surface area contributed by atoms with Gasteiger partial charge in [-0.3, -0.25) is 14.4 Å². The van der Waals surface area contributed by atoms with Gasteiger partial charge in [-0.2, -0.15) is 0 Å². The number of nitrogens with one attached hydrogen (secondary N) is 3. The highest BCUT2D eigenvalue weighted by molar-refractivity contribution is 5.97. The normalized spacial score (nSPS) is 13.2. The third-order valence-electron chi connectivity index (χ3n) is 4.92.